The summed E-state index contributed by atoms with van der Waals surface area (Å²) in [5.74, 6) is 0.349. The van der Waals surface area contributed by atoms with Gasteiger partial charge in [0, 0.05) is 10.8 Å². The zero-order valence-corrected chi connectivity index (χ0v) is 17.1. The lowest BCUT2D eigenvalue weighted by molar-refractivity contribution is -0.821. The first-order valence-corrected chi connectivity index (χ1v) is 9.53. The van der Waals surface area contributed by atoms with Crippen molar-refractivity contribution >= 4 is 27.8 Å². The average molecular weight is 369 g/mol. The largest absolute Gasteiger partial charge is 0.426 e. The summed E-state index contributed by atoms with van der Waals surface area (Å²) in [6, 6.07) is 16.1. The second-order valence-electron chi connectivity index (χ2n) is 8.12. The van der Waals surface area contributed by atoms with E-state index in [9.17, 15) is 10.4 Å². The molecule has 5 heteroatoms. The molecule has 0 unspecified atom stereocenters. The van der Waals surface area contributed by atoms with Crippen LogP contribution in [0.2, 0.25) is 0 Å². The van der Waals surface area contributed by atoms with Gasteiger partial charge < -0.3 is 5.21 Å². The smallest absolute Gasteiger partial charge is 0.375 e. The van der Waals surface area contributed by atoms with Gasteiger partial charge in [0.15, 0.2) is 11.1 Å². The number of rotatable bonds is 0. The Hall–Kier alpha value is -2.53. The molecule has 0 aliphatic carbocycles. The summed E-state index contributed by atoms with van der Waals surface area (Å²) in [5.41, 5.74) is 0.563. The van der Waals surface area contributed by atoms with Crippen molar-refractivity contribution in [2.45, 2.75) is 59.0 Å². The lowest BCUT2D eigenvalue weighted by Crippen LogP contribution is -2.54. The summed E-state index contributed by atoms with van der Waals surface area (Å²) in [5, 5.41) is 25.1. The van der Waals surface area contributed by atoms with Gasteiger partial charge >= 0.3 is 5.96 Å². The van der Waals surface area contributed by atoms with Crippen LogP contribution in [0.4, 0.5) is 0 Å². The Balaban J connectivity index is 0.000000659. The minimum Gasteiger partial charge on any atom is -0.375 e. The molecule has 1 aliphatic heterocycles. The van der Waals surface area contributed by atoms with Crippen molar-refractivity contribution in [3.05, 3.63) is 48.5 Å². The minimum atomic E-state index is -0.663. The van der Waals surface area contributed by atoms with Crippen molar-refractivity contribution in [1.82, 2.24) is 9.63 Å². The number of hydrogen-bond acceptors (Lipinski definition) is 3. The Labute approximate surface area is 160 Å². The fraction of sp³-hybridized carbons (Fsp3) is 0.409. The van der Waals surface area contributed by atoms with Crippen LogP contribution in [0, 0.1) is 0 Å². The average Bonchev–Trinajstić information content (AvgIpc) is 3.02. The molecule has 0 atom stereocenters. The summed E-state index contributed by atoms with van der Waals surface area (Å²) >= 11 is 0. The van der Waals surface area contributed by atoms with Crippen molar-refractivity contribution in [3.63, 3.8) is 0 Å². The van der Waals surface area contributed by atoms with Crippen LogP contribution in [0.5, 0.6) is 0 Å². The van der Waals surface area contributed by atoms with Gasteiger partial charge in [0.2, 0.25) is 0 Å². The van der Waals surface area contributed by atoms with Crippen LogP contribution in [0.25, 0.3) is 21.8 Å². The Morgan fingerprint density at radius 2 is 1.26 bits per heavy atom. The normalized spacial score (nSPS) is 18.1. The van der Waals surface area contributed by atoms with E-state index in [2.05, 4.69) is 26.0 Å². The Morgan fingerprint density at radius 3 is 1.63 bits per heavy atom. The van der Waals surface area contributed by atoms with Crippen molar-refractivity contribution in [2.75, 3.05) is 0 Å². The number of aromatic nitrogens is 1. The molecule has 2 N–H and O–H groups in total. The third-order valence-corrected chi connectivity index (χ3v) is 5.72. The van der Waals surface area contributed by atoms with Crippen LogP contribution in [0.15, 0.2) is 48.5 Å². The van der Waals surface area contributed by atoms with E-state index in [1.165, 1.54) is 16.2 Å². The predicted molar refractivity (Wildman–Crippen MR) is 110 cm³/mol. The van der Waals surface area contributed by atoms with Crippen molar-refractivity contribution in [3.8, 4) is 0 Å². The van der Waals surface area contributed by atoms with Gasteiger partial charge in [0.1, 0.15) is 11.0 Å². The zero-order chi connectivity index (χ0) is 20.0. The highest BCUT2D eigenvalue weighted by Crippen LogP contribution is 2.38. The van der Waals surface area contributed by atoms with Crippen LogP contribution in [-0.2, 0) is 0 Å². The first-order chi connectivity index (χ1) is 12.7. The maximum absolute atomic E-state index is 10.9. The fourth-order valence-corrected chi connectivity index (χ4v) is 3.44. The van der Waals surface area contributed by atoms with Crippen LogP contribution < -0.4 is 0 Å². The van der Waals surface area contributed by atoms with Gasteiger partial charge in [-0.25, -0.2) is 5.21 Å². The Morgan fingerprint density at radius 1 is 0.852 bits per heavy atom. The number of hydroxylamine groups is 3. The van der Waals surface area contributed by atoms with E-state index < -0.39 is 11.1 Å². The summed E-state index contributed by atoms with van der Waals surface area (Å²) in [6.45, 7) is 11.9. The highest BCUT2D eigenvalue weighted by molar-refractivity contribution is 6.13. The number of fused-ring (bicyclic) bond motifs is 3. The second kappa shape index (κ2) is 6.57. The molecule has 3 aromatic rings. The SMILES string of the molecule is CC1(C)N(O)C(n2c3ccccc3c3ccccc32)=[N+](O)C1(C)C.CCC. The molecule has 1 aliphatic rings. The van der Waals surface area contributed by atoms with E-state index in [1.807, 2.05) is 68.7 Å². The zero-order valence-electron chi connectivity index (χ0n) is 17.1. The van der Waals surface area contributed by atoms with Gasteiger partial charge in [0.25, 0.3) is 0 Å². The molecule has 0 saturated carbocycles. The molecule has 27 heavy (non-hydrogen) atoms. The molecule has 2 aromatic carbocycles. The molecule has 0 spiro atoms. The quantitative estimate of drug-likeness (QED) is 0.430. The van der Waals surface area contributed by atoms with E-state index >= 15 is 0 Å². The molecule has 4 rings (SSSR count). The molecule has 1 aromatic heterocycles. The predicted octanol–water partition coefficient (Wildman–Crippen LogP) is 5.08. The van der Waals surface area contributed by atoms with Gasteiger partial charge in [-0.05, 0) is 39.8 Å². The van der Waals surface area contributed by atoms with Crippen molar-refractivity contribution in [1.29, 1.82) is 0 Å². The third-order valence-electron chi connectivity index (χ3n) is 5.72. The maximum atomic E-state index is 10.9. The fourth-order valence-electron chi connectivity index (χ4n) is 3.44. The van der Waals surface area contributed by atoms with E-state index in [4.69, 9.17) is 0 Å². The van der Waals surface area contributed by atoms with E-state index in [1.54, 1.807) is 0 Å². The van der Waals surface area contributed by atoms with Gasteiger partial charge in [-0.15, -0.1) is 5.06 Å². The van der Waals surface area contributed by atoms with Crippen molar-refractivity contribution < 1.29 is 15.2 Å². The Kier molecular flexibility index (Phi) is 4.68. The molecular weight excluding hydrogens is 338 g/mol. The van der Waals surface area contributed by atoms with Crippen molar-refractivity contribution in [2.24, 2.45) is 0 Å². The van der Waals surface area contributed by atoms with Gasteiger partial charge in [-0.3, -0.25) is 0 Å². The second-order valence-corrected chi connectivity index (χ2v) is 8.12. The van der Waals surface area contributed by atoms with Crippen LogP contribution in [0.1, 0.15) is 48.0 Å². The van der Waals surface area contributed by atoms with Gasteiger partial charge in [-0.1, -0.05) is 61.4 Å². The molecule has 0 fully saturated rings. The number of para-hydroxylation sites is 2. The molecule has 0 amide bonds. The molecular formula is C22H30N3O2+. The number of hydrogen-bond donors (Lipinski definition) is 2. The van der Waals surface area contributed by atoms with Crippen LogP contribution in [0.3, 0.4) is 0 Å². The standard InChI is InChI=1S/C19H22N3O2.C3H8/c1-18(2)19(3,4)22(24)17(21(18)23)20-15-11-7-5-9-13(15)14-10-6-8-12-16(14)20;1-3-2/h5-12,23-24H,1-4H3;3H2,1-2H3/q+1;. The topological polar surface area (TPSA) is 51.6 Å². The van der Waals surface area contributed by atoms with E-state index in [-0.39, 0.29) is 0 Å². The molecule has 5 nitrogen and oxygen atoms in total. The first-order valence-electron chi connectivity index (χ1n) is 9.53. The van der Waals surface area contributed by atoms with E-state index in [0.29, 0.717) is 5.96 Å². The first kappa shape index (κ1) is 19.2. The third kappa shape index (κ3) is 2.60. The molecule has 2 heterocycles. The Bertz CT molecular complexity index is 961. The molecule has 0 radical (unpaired) electrons. The van der Waals surface area contributed by atoms with Gasteiger partial charge in [-0.2, -0.15) is 4.57 Å². The molecule has 0 saturated heterocycles. The monoisotopic (exact) mass is 368 g/mol. The lowest BCUT2D eigenvalue weighted by Gasteiger charge is -2.31. The highest BCUT2D eigenvalue weighted by atomic mass is 16.5. The number of nitrogens with zero attached hydrogens (tertiary/aromatic N) is 3. The lowest BCUT2D eigenvalue weighted by atomic mass is 9.84. The van der Waals surface area contributed by atoms with Crippen LogP contribution in [-0.4, -0.2) is 41.8 Å². The maximum Gasteiger partial charge on any atom is 0.426 e. The summed E-state index contributed by atoms with van der Waals surface area (Å²) in [7, 11) is 0. The summed E-state index contributed by atoms with van der Waals surface area (Å²) in [4.78, 5) is 0. The van der Waals surface area contributed by atoms with Gasteiger partial charge in [0.05, 0.1) is 0 Å². The van der Waals surface area contributed by atoms with Crippen LogP contribution >= 0.6 is 0 Å². The number of benzene rings is 2. The summed E-state index contributed by atoms with van der Waals surface area (Å²) in [6.07, 6.45) is 1.25. The molecule has 0 bridgehead atoms. The molecule has 144 valence electrons. The highest BCUT2D eigenvalue weighted by Gasteiger charge is 2.61. The summed E-state index contributed by atoms with van der Waals surface area (Å²) < 4.78 is 3.09. The van der Waals surface area contributed by atoms with E-state index in [0.717, 1.165) is 21.8 Å². The minimum absolute atomic E-state index is 0.349.